The van der Waals surface area contributed by atoms with Crippen LogP contribution in [0.25, 0.3) is 11.1 Å². The van der Waals surface area contributed by atoms with Gasteiger partial charge in [-0.3, -0.25) is 0 Å². The van der Waals surface area contributed by atoms with E-state index in [1.165, 1.54) is 35.2 Å². The highest BCUT2D eigenvalue weighted by Gasteiger charge is 2.34. The van der Waals surface area contributed by atoms with E-state index in [1.807, 2.05) is 6.92 Å². The zero-order chi connectivity index (χ0) is 15.6. The second-order valence-corrected chi connectivity index (χ2v) is 6.41. The molecule has 120 valence electrons. The van der Waals surface area contributed by atoms with Crippen molar-refractivity contribution in [3.8, 4) is 16.9 Å². The Morgan fingerprint density at radius 1 is 1.04 bits per heavy atom. The highest BCUT2D eigenvalue weighted by atomic mass is 16.5. The number of hydrogen-bond acceptors (Lipinski definition) is 3. The molecule has 0 amide bonds. The summed E-state index contributed by atoms with van der Waals surface area (Å²) >= 11 is 0. The number of ether oxygens (including phenoxy) is 1. The number of benzene rings is 2. The fourth-order valence-corrected chi connectivity index (χ4v) is 4.00. The van der Waals surface area contributed by atoms with Crippen LogP contribution in [0.3, 0.4) is 0 Å². The summed E-state index contributed by atoms with van der Waals surface area (Å²) in [6.07, 6.45) is 2.40. The number of hydrogen-bond donors (Lipinski definition) is 2. The van der Waals surface area contributed by atoms with Crippen LogP contribution in [-0.4, -0.2) is 25.7 Å². The topological polar surface area (TPSA) is 33.3 Å². The fourth-order valence-electron chi connectivity index (χ4n) is 4.00. The van der Waals surface area contributed by atoms with Crippen LogP contribution in [0, 0.1) is 0 Å². The van der Waals surface area contributed by atoms with Crippen molar-refractivity contribution in [3.63, 3.8) is 0 Å². The van der Waals surface area contributed by atoms with Crippen LogP contribution in [0.2, 0.25) is 0 Å². The summed E-state index contributed by atoms with van der Waals surface area (Å²) < 4.78 is 5.57. The average molecular weight is 308 g/mol. The summed E-state index contributed by atoms with van der Waals surface area (Å²) in [6.45, 7) is 4.95. The Labute approximate surface area is 138 Å². The quantitative estimate of drug-likeness (QED) is 0.898. The molecular weight excluding hydrogens is 284 g/mol. The minimum Gasteiger partial charge on any atom is -0.494 e. The van der Waals surface area contributed by atoms with Crippen molar-refractivity contribution in [2.24, 2.45) is 0 Å². The Kier molecular flexibility index (Phi) is 3.96. The van der Waals surface area contributed by atoms with Crippen LogP contribution in [0.4, 0.5) is 5.69 Å². The molecular formula is C20H24N2O. The maximum atomic E-state index is 5.57. The highest BCUT2D eigenvalue weighted by Crippen LogP contribution is 2.45. The summed E-state index contributed by atoms with van der Waals surface area (Å²) in [5.74, 6) is 1.56. The van der Waals surface area contributed by atoms with E-state index < -0.39 is 0 Å². The molecule has 2 heterocycles. The van der Waals surface area contributed by atoms with Gasteiger partial charge in [-0.2, -0.15) is 0 Å². The second kappa shape index (κ2) is 6.25. The first kappa shape index (κ1) is 14.6. The van der Waals surface area contributed by atoms with Crippen LogP contribution < -0.4 is 15.4 Å². The maximum absolute atomic E-state index is 5.57. The molecule has 3 heteroatoms. The van der Waals surface area contributed by atoms with Crippen molar-refractivity contribution in [3.05, 3.63) is 48.0 Å². The molecule has 3 nitrogen and oxygen atoms in total. The molecule has 4 rings (SSSR count). The van der Waals surface area contributed by atoms with Crippen LogP contribution in [0.15, 0.2) is 42.5 Å². The predicted octanol–water partition coefficient (Wildman–Crippen LogP) is 4.01. The summed E-state index contributed by atoms with van der Waals surface area (Å²) in [5, 5.41) is 7.28. The maximum Gasteiger partial charge on any atom is 0.119 e. The summed E-state index contributed by atoms with van der Waals surface area (Å²) in [4.78, 5) is 0. The molecule has 2 aromatic carbocycles. The van der Waals surface area contributed by atoms with Crippen LogP contribution in [-0.2, 0) is 0 Å². The molecule has 23 heavy (non-hydrogen) atoms. The lowest BCUT2D eigenvalue weighted by Crippen LogP contribution is -2.21. The molecule has 2 atom stereocenters. The fraction of sp³-hybridized carbons (Fsp3) is 0.400. The number of anilines is 1. The molecule has 0 radical (unpaired) electrons. The largest absolute Gasteiger partial charge is 0.494 e. The average Bonchev–Trinajstić information content (AvgIpc) is 2.78. The Bertz CT molecular complexity index is 681. The van der Waals surface area contributed by atoms with Gasteiger partial charge in [0.15, 0.2) is 0 Å². The van der Waals surface area contributed by atoms with E-state index in [-0.39, 0.29) is 0 Å². The summed E-state index contributed by atoms with van der Waals surface area (Å²) in [6, 6.07) is 15.8. The zero-order valence-electron chi connectivity index (χ0n) is 13.6. The van der Waals surface area contributed by atoms with Crippen molar-refractivity contribution in [1.29, 1.82) is 0 Å². The van der Waals surface area contributed by atoms with Gasteiger partial charge in [0.05, 0.1) is 6.61 Å². The molecule has 0 bridgehead atoms. The third kappa shape index (κ3) is 2.70. The molecule has 0 saturated carbocycles. The van der Waals surface area contributed by atoms with E-state index in [4.69, 9.17) is 4.74 Å². The van der Waals surface area contributed by atoms with E-state index in [0.29, 0.717) is 18.6 Å². The molecule has 2 aliphatic rings. The Hall–Kier alpha value is -2.00. The van der Waals surface area contributed by atoms with Gasteiger partial charge < -0.3 is 15.4 Å². The summed E-state index contributed by atoms with van der Waals surface area (Å²) in [5.41, 5.74) is 5.48. The van der Waals surface area contributed by atoms with E-state index in [9.17, 15) is 0 Å². The molecule has 2 aliphatic heterocycles. The smallest absolute Gasteiger partial charge is 0.119 e. The number of fused-ring (bicyclic) bond motifs is 3. The Balaban J connectivity index is 1.72. The lowest BCUT2D eigenvalue weighted by molar-refractivity contribution is 0.340. The molecule has 0 unspecified atom stereocenters. The van der Waals surface area contributed by atoms with Gasteiger partial charge in [-0.1, -0.05) is 24.3 Å². The SMILES string of the molecule is CCOc1ccc(-c2cccc3c2[C@H]2CCNCC[C@@H]2N3)cc1. The van der Waals surface area contributed by atoms with Crippen molar-refractivity contribution in [2.75, 3.05) is 25.0 Å². The second-order valence-electron chi connectivity index (χ2n) is 6.41. The number of nitrogens with one attached hydrogen (secondary N) is 2. The first-order valence-electron chi connectivity index (χ1n) is 8.70. The van der Waals surface area contributed by atoms with Crippen molar-refractivity contribution in [2.45, 2.75) is 31.7 Å². The van der Waals surface area contributed by atoms with E-state index >= 15 is 0 Å². The molecule has 2 aromatic rings. The third-order valence-electron chi connectivity index (χ3n) is 5.04. The summed E-state index contributed by atoms with van der Waals surface area (Å²) in [7, 11) is 0. The van der Waals surface area contributed by atoms with Gasteiger partial charge >= 0.3 is 0 Å². The van der Waals surface area contributed by atoms with Gasteiger partial charge in [0.25, 0.3) is 0 Å². The normalized spacial score (nSPS) is 22.7. The first-order valence-corrected chi connectivity index (χ1v) is 8.70. The molecule has 2 N–H and O–H groups in total. The Morgan fingerprint density at radius 3 is 2.70 bits per heavy atom. The van der Waals surface area contributed by atoms with E-state index in [2.05, 4.69) is 53.1 Å². The van der Waals surface area contributed by atoms with Gasteiger partial charge in [0.1, 0.15) is 5.75 Å². The minimum absolute atomic E-state index is 0.573. The third-order valence-corrected chi connectivity index (χ3v) is 5.04. The van der Waals surface area contributed by atoms with Crippen LogP contribution in [0.1, 0.15) is 31.2 Å². The molecule has 1 fully saturated rings. The van der Waals surface area contributed by atoms with Gasteiger partial charge in [0, 0.05) is 17.6 Å². The molecule has 0 aromatic heterocycles. The zero-order valence-corrected chi connectivity index (χ0v) is 13.6. The molecule has 0 spiro atoms. The van der Waals surface area contributed by atoms with Gasteiger partial charge in [-0.25, -0.2) is 0 Å². The van der Waals surface area contributed by atoms with Crippen molar-refractivity contribution < 1.29 is 4.74 Å². The molecule has 0 aliphatic carbocycles. The highest BCUT2D eigenvalue weighted by molar-refractivity contribution is 5.78. The minimum atomic E-state index is 0.573. The predicted molar refractivity (Wildman–Crippen MR) is 95.3 cm³/mol. The van der Waals surface area contributed by atoms with Crippen molar-refractivity contribution in [1.82, 2.24) is 5.32 Å². The standard InChI is InChI=1S/C20H24N2O/c1-2-23-15-8-6-14(7-9-15)16-4-3-5-19-20(16)17-10-12-21-13-11-18(17)22-19/h3-9,17-18,21-22H,2,10-13H2,1H3/t17-,18-/m0/s1. The monoisotopic (exact) mass is 308 g/mol. The van der Waals surface area contributed by atoms with Crippen molar-refractivity contribution >= 4 is 5.69 Å². The van der Waals surface area contributed by atoms with Crippen LogP contribution >= 0.6 is 0 Å². The van der Waals surface area contributed by atoms with Gasteiger partial charge in [0.2, 0.25) is 0 Å². The molecule has 1 saturated heterocycles. The van der Waals surface area contributed by atoms with E-state index in [0.717, 1.165) is 18.8 Å². The van der Waals surface area contributed by atoms with Gasteiger partial charge in [-0.15, -0.1) is 0 Å². The first-order chi connectivity index (χ1) is 11.4. The van der Waals surface area contributed by atoms with E-state index in [1.54, 1.807) is 0 Å². The number of rotatable bonds is 3. The van der Waals surface area contributed by atoms with Crippen LogP contribution in [0.5, 0.6) is 5.75 Å². The van der Waals surface area contributed by atoms with Gasteiger partial charge in [-0.05, 0) is 67.7 Å². The lowest BCUT2D eigenvalue weighted by Gasteiger charge is -2.18. The lowest BCUT2D eigenvalue weighted by atomic mass is 9.86. The Morgan fingerprint density at radius 2 is 1.87 bits per heavy atom.